The van der Waals surface area contributed by atoms with Crippen molar-refractivity contribution in [1.29, 1.82) is 0 Å². The van der Waals surface area contributed by atoms with Gasteiger partial charge in [0.1, 0.15) is 17.0 Å². The highest BCUT2D eigenvalue weighted by Crippen LogP contribution is 2.37. The molecule has 0 unspecified atom stereocenters. The first-order valence-corrected chi connectivity index (χ1v) is 6.81. The molecule has 0 atom stereocenters. The minimum atomic E-state index is -0.405. The number of ether oxygens (including phenoxy) is 1. The molecule has 2 heterocycles. The number of halogens is 1. The second kappa shape index (κ2) is 4.72. The van der Waals surface area contributed by atoms with E-state index in [0.29, 0.717) is 11.6 Å². The number of nitrogens with two attached hydrogens (primary N) is 1. The Morgan fingerprint density at radius 3 is 2.85 bits per heavy atom. The molecule has 0 bridgehead atoms. The Bertz CT molecular complexity index is 800. The second-order valence-corrected chi connectivity index (χ2v) is 5.63. The van der Waals surface area contributed by atoms with E-state index in [2.05, 4.69) is 9.97 Å². The maximum atomic E-state index is 13.3. The van der Waals surface area contributed by atoms with Gasteiger partial charge in [-0.3, -0.25) is 0 Å². The molecule has 0 amide bonds. The zero-order valence-corrected chi connectivity index (χ0v) is 11.8. The number of hydrogen-bond donors (Lipinski definition) is 1. The maximum absolute atomic E-state index is 13.3. The van der Waals surface area contributed by atoms with Crippen LogP contribution in [0.5, 0.6) is 11.6 Å². The van der Waals surface area contributed by atoms with Crippen LogP contribution in [-0.2, 0) is 0 Å². The molecule has 0 fully saturated rings. The predicted octanol–water partition coefficient (Wildman–Crippen LogP) is 3.82. The van der Waals surface area contributed by atoms with Gasteiger partial charge in [0, 0.05) is 10.9 Å². The van der Waals surface area contributed by atoms with Gasteiger partial charge in [0.2, 0.25) is 5.88 Å². The summed E-state index contributed by atoms with van der Waals surface area (Å²) in [6, 6.07) is 4.00. The van der Waals surface area contributed by atoms with Gasteiger partial charge in [-0.05, 0) is 31.5 Å². The van der Waals surface area contributed by atoms with E-state index in [-0.39, 0.29) is 5.75 Å². The smallest absolute Gasteiger partial charge is 0.231 e. The lowest BCUT2D eigenvalue weighted by Gasteiger charge is -2.08. The van der Waals surface area contributed by atoms with E-state index in [1.54, 1.807) is 11.3 Å². The van der Waals surface area contributed by atoms with Crippen molar-refractivity contribution in [2.75, 3.05) is 5.73 Å². The average molecular weight is 289 g/mol. The Kier molecular flexibility index (Phi) is 3.02. The Labute approximate surface area is 119 Å². The predicted molar refractivity (Wildman–Crippen MR) is 77.8 cm³/mol. The van der Waals surface area contributed by atoms with Gasteiger partial charge in [0.25, 0.3) is 0 Å². The highest BCUT2D eigenvalue weighted by atomic mass is 32.1. The zero-order valence-electron chi connectivity index (χ0n) is 11.0. The van der Waals surface area contributed by atoms with Gasteiger partial charge in [-0.25, -0.2) is 14.4 Å². The van der Waals surface area contributed by atoms with Crippen molar-refractivity contribution in [2.45, 2.75) is 13.8 Å². The maximum Gasteiger partial charge on any atom is 0.231 e. The summed E-state index contributed by atoms with van der Waals surface area (Å²) in [5.74, 6) is 0.250. The van der Waals surface area contributed by atoms with Gasteiger partial charge < -0.3 is 10.5 Å². The number of aryl methyl sites for hydroxylation is 2. The Balaban J connectivity index is 2.13. The SMILES string of the molecule is Cc1sc2ncnc(Oc3cc(F)ccc3N)c2c1C. The zero-order chi connectivity index (χ0) is 14.3. The van der Waals surface area contributed by atoms with Crippen molar-refractivity contribution in [1.82, 2.24) is 9.97 Å². The molecule has 0 aliphatic heterocycles. The average Bonchev–Trinajstić information content (AvgIpc) is 2.71. The molecule has 2 aromatic heterocycles. The van der Waals surface area contributed by atoms with Crippen LogP contribution in [0.15, 0.2) is 24.5 Å². The van der Waals surface area contributed by atoms with E-state index in [9.17, 15) is 4.39 Å². The fourth-order valence-electron chi connectivity index (χ4n) is 1.93. The molecule has 2 N–H and O–H groups in total. The van der Waals surface area contributed by atoms with Crippen LogP contribution in [0.1, 0.15) is 10.4 Å². The Hall–Kier alpha value is -2.21. The van der Waals surface area contributed by atoms with E-state index in [1.165, 1.54) is 24.5 Å². The largest absolute Gasteiger partial charge is 0.436 e. The molecule has 0 radical (unpaired) electrons. The number of fused-ring (bicyclic) bond motifs is 1. The quantitative estimate of drug-likeness (QED) is 0.728. The molecule has 102 valence electrons. The third-order valence-corrected chi connectivity index (χ3v) is 4.23. The van der Waals surface area contributed by atoms with Crippen molar-refractivity contribution in [3.63, 3.8) is 0 Å². The van der Waals surface area contributed by atoms with E-state index in [4.69, 9.17) is 10.5 Å². The second-order valence-electron chi connectivity index (χ2n) is 4.43. The van der Waals surface area contributed by atoms with Crippen molar-refractivity contribution < 1.29 is 9.13 Å². The number of anilines is 1. The molecule has 3 aromatic rings. The lowest BCUT2D eigenvalue weighted by Crippen LogP contribution is -1.95. The van der Waals surface area contributed by atoms with Crippen LogP contribution >= 0.6 is 11.3 Å². The third-order valence-electron chi connectivity index (χ3n) is 3.11. The normalized spacial score (nSPS) is 10.9. The molecule has 6 heteroatoms. The highest BCUT2D eigenvalue weighted by Gasteiger charge is 2.14. The third kappa shape index (κ3) is 2.08. The molecule has 3 rings (SSSR count). The molecular formula is C14H12FN3OS. The molecule has 0 aliphatic carbocycles. The number of rotatable bonds is 2. The van der Waals surface area contributed by atoms with Gasteiger partial charge in [-0.1, -0.05) is 0 Å². The van der Waals surface area contributed by atoms with Crippen LogP contribution in [0.25, 0.3) is 10.2 Å². The van der Waals surface area contributed by atoms with Crippen LogP contribution in [-0.4, -0.2) is 9.97 Å². The summed E-state index contributed by atoms with van der Waals surface area (Å²) in [5, 5.41) is 0.846. The van der Waals surface area contributed by atoms with E-state index in [1.807, 2.05) is 13.8 Å². The van der Waals surface area contributed by atoms with E-state index in [0.717, 1.165) is 20.7 Å². The van der Waals surface area contributed by atoms with Crippen molar-refractivity contribution in [2.24, 2.45) is 0 Å². The first-order chi connectivity index (χ1) is 9.56. The number of hydrogen-bond acceptors (Lipinski definition) is 5. The summed E-state index contributed by atoms with van der Waals surface area (Å²) in [6.45, 7) is 4.00. The molecule has 0 saturated carbocycles. The van der Waals surface area contributed by atoms with Crippen LogP contribution in [0.2, 0.25) is 0 Å². The van der Waals surface area contributed by atoms with Crippen LogP contribution in [0, 0.1) is 19.7 Å². The molecule has 0 aliphatic rings. The van der Waals surface area contributed by atoms with Gasteiger partial charge in [0.15, 0.2) is 5.75 Å². The van der Waals surface area contributed by atoms with Crippen molar-refractivity contribution in [3.05, 3.63) is 40.8 Å². The number of nitrogen functional groups attached to an aromatic ring is 1. The molecule has 1 aromatic carbocycles. The summed E-state index contributed by atoms with van der Waals surface area (Å²) in [4.78, 5) is 10.4. The first kappa shape index (κ1) is 12.8. The molecule has 0 spiro atoms. The topological polar surface area (TPSA) is 61.0 Å². The fraction of sp³-hybridized carbons (Fsp3) is 0.143. The summed E-state index contributed by atoms with van der Waals surface area (Å²) in [5.41, 5.74) is 7.22. The Morgan fingerprint density at radius 1 is 1.25 bits per heavy atom. The summed E-state index contributed by atoms with van der Waals surface area (Å²) >= 11 is 1.57. The van der Waals surface area contributed by atoms with Gasteiger partial charge in [0.05, 0.1) is 11.1 Å². The van der Waals surface area contributed by atoms with Crippen LogP contribution < -0.4 is 10.5 Å². The molecule has 20 heavy (non-hydrogen) atoms. The Morgan fingerprint density at radius 2 is 2.05 bits per heavy atom. The van der Waals surface area contributed by atoms with Gasteiger partial charge >= 0.3 is 0 Å². The minimum absolute atomic E-state index is 0.258. The number of benzene rings is 1. The van der Waals surface area contributed by atoms with E-state index < -0.39 is 5.82 Å². The van der Waals surface area contributed by atoms with Crippen LogP contribution in [0.4, 0.5) is 10.1 Å². The lowest BCUT2D eigenvalue weighted by atomic mass is 10.2. The van der Waals surface area contributed by atoms with E-state index >= 15 is 0 Å². The number of aromatic nitrogens is 2. The van der Waals surface area contributed by atoms with Crippen LogP contribution in [0.3, 0.4) is 0 Å². The molecule has 0 saturated heterocycles. The first-order valence-electron chi connectivity index (χ1n) is 6.00. The molecule has 4 nitrogen and oxygen atoms in total. The summed E-state index contributed by atoms with van der Waals surface area (Å²) in [7, 11) is 0. The lowest BCUT2D eigenvalue weighted by molar-refractivity contribution is 0.465. The number of thiophene rings is 1. The minimum Gasteiger partial charge on any atom is -0.436 e. The van der Waals surface area contributed by atoms with Crippen molar-refractivity contribution >= 4 is 27.2 Å². The fourth-order valence-corrected chi connectivity index (χ4v) is 2.92. The summed E-state index contributed by atoms with van der Waals surface area (Å²) in [6.07, 6.45) is 1.43. The molecular weight excluding hydrogens is 277 g/mol. The highest BCUT2D eigenvalue weighted by molar-refractivity contribution is 7.18. The monoisotopic (exact) mass is 289 g/mol. The summed E-state index contributed by atoms with van der Waals surface area (Å²) < 4.78 is 19.0. The van der Waals surface area contributed by atoms with Crippen molar-refractivity contribution in [3.8, 4) is 11.6 Å². The van der Waals surface area contributed by atoms with Gasteiger partial charge in [-0.2, -0.15) is 0 Å². The standard InChI is InChI=1S/C14H12FN3OS/c1-7-8(2)20-14-12(7)13(17-6-18-14)19-11-5-9(15)3-4-10(11)16/h3-6H,16H2,1-2H3. The van der Waals surface area contributed by atoms with Gasteiger partial charge in [-0.15, -0.1) is 11.3 Å². The number of nitrogens with zero attached hydrogens (tertiary/aromatic N) is 2.